The first-order valence-corrected chi connectivity index (χ1v) is 7.92. The average molecular weight is 348 g/mol. The molecule has 1 aromatic heterocycles. The minimum Gasteiger partial charge on any atom is -0.497 e. The number of carbonyl (C=O) groups is 2. The van der Waals surface area contributed by atoms with Crippen molar-refractivity contribution in [2.45, 2.75) is 39.3 Å². The van der Waals surface area contributed by atoms with Gasteiger partial charge < -0.3 is 24.5 Å². The highest BCUT2D eigenvalue weighted by atomic mass is 16.5. The van der Waals surface area contributed by atoms with Crippen LogP contribution in [0.4, 0.5) is 0 Å². The summed E-state index contributed by atoms with van der Waals surface area (Å²) in [6, 6.07) is 5.13. The highest BCUT2D eigenvalue weighted by Crippen LogP contribution is 2.31. The molecule has 1 heterocycles. The van der Waals surface area contributed by atoms with E-state index in [2.05, 4.69) is 10.3 Å². The number of methoxy groups -OCH3 is 2. The third-order valence-corrected chi connectivity index (χ3v) is 3.49. The third kappa shape index (κ3) is 4.43. The van der Waals surface area contributed by atoms with Crippen molar-refractivity contribution in [3.63, 3.8) is 0 Å². The Balaban J connectivity index is 2.21. The second-order valence-corrected chi connectivity index (χ2v) is 6.76. The number of benzene rings is 1. The van der Waals surface area contributed by atoms with Crippen LogP contribution >= 0.6 is 0 Å². The van der Waals surface area contributed by atoms with Gasteiger partial charge in [-0.2, -0.15) is 0 Å². The van der Waals surface area contributed by atoms with Gasteiger partial charge >= 0.3 is 5.97 Å². The molecule has 0 aliphatic rings. The molecular weight excluding hydrogens is 324 g/mol. The molecular formula is C18H24N2O5. The van der Waals surface area contributed by atoms with Crippen LogP contribution in [0.2, 0.25) is 0 Å². The van der Waals surface area contributed by atoms with E-state index in [1.54, 1.807) is 25.3 Å². The lowest BCUT2D eigenvalue weighted by Gasteiger charge is -2.23. The fourth-order valence-corrected chi connectivity index (χ4v) is 2.32. The number of hydrogen-bond donors (Lipinski definition) is 2. The molecule has 25 heavy (non-hydrogen) atoms. The zero-order chi connectivity index (χ0) is 18.8. The van der Waals surface area contributed by atoms with Crippen LogP contribution in [0.25, 0.3) is 10.9 Å². The Morgan fingerprint density at radius 3 is 2.36 bits per heavy atom. The summed E-state index contributed by atoms with van der Waals surface area (Å²) in [7, 11) is 3.09. The summed E-state index contributed by atoms with van der Waals surface area (Å²) in [6.45, 7) is 7.11. The second kappa shape index (κ2) is 7.04. The van der Waals surface area contributed by atoms with Gasteiger partial charge in [0.25, 0.3) is 5.91 Å². The van der Waals surface area contributed by atoms with Crippen molar-refractivity contribution < 1.29 is 23.8 Å². The molecule has 0 saturated carbocycles. The lowest BCUT2D eigenvalue weighted by atomic mass is 10.1. The van der Waals surface area contributed by atoms with E-state index in [0.717, 1.165) is 5.39 Å². The number of aromatic amines is 1. The molecule has 7 nitrogen and oxygen atoms in total. The molecule has 1 amide bonds. The number of amides is 1. The molecule has 1 aromatic carbocycles. The van der Waals surface area contributed by atoms with Crippen LogP contribution in [0.5, 0.6) is 11.5 Å². The Hall–Kier alpha value is -2.70. The molecule has 7 heteroatoms. The summed E-state index contributed by atoms with van der Waals surface area (Å²) in [5, 5.41) is 3.52. The maximum Gasteiger partial charge on any atom is 0.355 e. The maximum atomic E-state index is 12.3. The molecule has 0 fully saturated rings. The predicted octanol–water partition coefficient (Wildman–Crippen LogP) is 2.65. The van der Waals surface area contributed by atoms with Crippen LogP contribution in [-0.4, -0.2) is 42.7 Å². The van der Waals surface area contributed by atoms with E-state index < -0.39 is 17.6 Å². The maximum absolute atomic E-state index is 12.3. The van der Waals surface area contributed by atoms with Crippen molar-refractivity contribution in [2.75, 3.05) is 14.2 Å². The van der Waals surface area contributed by atoms with Gasteiger partial charge in [-0.25, -0.2) is 4.79 Å². The van der Waals surface area contributed by atoms with Gasteiger partial charge in [-0.3, -0.25) is 4.79 Å². The molecule has 0 radical (unpaired) electrons. The van der Waals surface area contributed by atoms with Gasteiger partial charge in [-0.1, -0.05) is 0 Å². The fourth-order valence-electron chi connectivity index (χ4n) is 2.32. The lowest BCUT2D eigenvalue weighted by Crippen LogP contribution is -2.46. The monoisotopic (exact) mass is 348 g/mol. The molecule has 0 spiro atoms. The summed E-state index contributed by atoms with van der Waals surface area (Å²) in [6.07, 6.45) is -0.908. The molecule has 1 atom stereocenters. The minimum atomic E-state index is -0.908. The molecule has 0 bridgehead atoms. The van der Waals surface area contributed by atoms with E-state index in [1.165, 1.54) is 14.0 Å². The zero-order valence-electron chi connectivity index (χ0n) is 15.4. The first-order chi connectivity index (χ1) is 11.6. The Morgan fingerprint density at radius 2 is 1.80 bits per heavy atom. The van der Waals surface area contributed by atoms with Crippen molar-refractivity contribution in [2.24, 2.45) is 0 Å². The predicted molar refractivity (Wildman–Crippen MR) is 94.2 cm³/mol. The average Bonchev–Trinajstić information content (AvgIpc) is 2.96. The van der Waals surface area contributed by atoms with E-state index in [4.69, 9.17) is 14.2 Å². The molecule has 2 rings (SSSR count). The molecule has 0 saturated heterocycles. The summed E-state index contributed by atoms with van der Waals surface area (Å²) >= 11 is 0. The standard InChI is InChI=1S/C18H24N2O5/c1-10(16(21)20-18(2,3)4)25-17(22)13-8-11-7-12(23-5)9-14(24-6)15(11)19-13/h7-10,19H,1-6H3,(H,20,21)/t10-/m0/s1. The van der Waals surface area contributed by atoms with Crippen molar-refractivity contribution in [1.29, 1.82) is 0 Å². The summed E-state index contributed by atoms with van der Waals surface area (Å²) in [5.41, 5.74) is 0.488. The minimum absolute atomic E-state index is 0.233. The molecule has 2 N–H and O–H groups in total. The van der Waals surface area contributed by atoms with Gasteiger partial charge in [0.1, 0.15) is 17.2 Å². The van der Waals surface area contributed by atoms with Crippen LogP contribution in [-0.2, 0) is 9.53 Å². The second-order valence-electron chi connectivity index (χ2n) is 6.76. The normalized spacial score (nSPS) is 12.6. The number of fused-ring (bicyclic) bond motifs is 1. The fraction of sp³-hybridized carbons (Fsp3) is 0.444. The van der Waals surface area contributed by atoms with Crippen LogP contribution in [0.1, 0.15) is 38.2 Å². The number of esters is 1. The summed E-state index contributed by atoms with van der Waals surface area (Å²) in [4.78, 5) is 27.4. The number of H-pyrrole nitrogens is 1. The van der Waals surface area contributed by atoms with Gasteiger partial charge in [0.15, 0.2) is 6.10 Å². The molecule has 0 aliphatic heterocycles. The van der Waals surface area contributed by atoms with Gasteiger partial charge in [0.05, 0.1) is 19.7 Å². The number of nitrogens with one attached hydrogen (secondary N) is 2. The lowest BCUT2D eigenvalue weighted by molar-refractivity contribution is -0.130. The quantitative estimate of drug-likeness (QED) is 0.811. The first-order valence-electron chi connectivity index (χ1n) is 7.92. The highest BCUT2D eigenvalue weighted by molar-refractivity contribution is 5.98. The van der Waals surface area contributed by atoms with Crippen molar-refractivity contribution in [3.05, 3.63) is 23.9 Å². The van der Waals surface area contributed by atoms with E-state index in [0.29, 0.717) is 17.0 Å². The Kier molecular flexibility index (Phi) is 5.25. The van der Waals surface area contributed by atoms with Crippen molar-refractivity contribution in [3.8, 4) is 11.5 Å². The summed E-state index contributed by atoms with van der Waals surface area (Å²) < 4.78 is 15.8. The van der Waals surface area contributed by atoms with Gasteiger partial charge in [-0.15, -0.1) is 0 Å². The van der Waals surface area contributed by atoms with Gasteiger partial charge in [-0.05, 0) is 39.8 Å². The number of ether oxygens (including phenoxy) is 3. The van der Waals surface area contributed by atoms with Crippen LogP contribution in [0.3, 0.4) is 0 Å². The highest BCUT2D eigenvalue weighted by Gasteiger charge is 2.24. The SMILES string of the molecule is COc1cc(OC)c2[nH]c(C(=O)O[C@@H](C)C(=O)NC(C)(C)C)cc2c1. The van der Waals surface area contributed by atoms with Crippen LogP contribution in [0, 0.1) is 0 Å². The van der Waals surface area contributed by atoms with E-state index in [9.17, 15) is 9.59 Å². The zero-order valence-corrected chi connectivity index (χ0v) is 15.4. The van der Waals surface area contributed by atoms with Crippen molar-refractivity contribution in [1.82, 2.24) is 10.3 Å². The Morgan fingerprint density at radius 1 is 1.12 bits per heavy atom. The summed E-state index contributed by atoms with van der Waals surface area (Å²) in [5.74, 6) is 0.193. The van der Waals surface area contributed by atoms with Crippen LogP contribution in [0.15, 0.2) is 18.2 Å². The van der Waals surface area contributed by atoms with E-state index in [1.807, 2.05) is 20.8 Å². The number of rotatable bonds is 5. The Labute approximate surface area is 146 Å². The van der Waals surface area contributed by atoms with Crippen LogP contribution < -0.4 is 14.8 Å². The van der Waals surface area contributed by atoms with Gasteiger partial charge in [0, 0.05) is 17.0 Å². The smallest absolute Gasteiger partial charge is 0.355 e. The third-order valence-electron chi connectivity index (χ3n) is 3.49. The molecule has 0 aliphatic carbocycles. The number of carbonyl (C=O) groups excluding carboxylic acids is 2. The Bertz CT molecular complexity index is 789. The number of aromatic nitrogens is 1. The molecule has 0 unspecified atom stereocenters. The van der Waals surface area contributed by atoms with E-state index in [-0.39, 0.29) is 11.6 Å². The van der Waals surface area contributed by atoms with Gasteiger partial charge in [0.2, 0.25) is 0 Å². The largest absolute Gasteiger partial charge is 0.497 e. The van der Waals surface area contributed by atoms with E-state index >= 15 is 0 Å². The van der Waals surface area contributed by atoms with Crippen molar-refractivity contribution >= 4 is 22.8 Å². The molecule has 2 aromatic rings. The first kappa shape index (κ1) is 18.6. The topological polar surface area (TPSA) is 89.7 Å². The molecule has 136 valence electrons. The number of hydrogen-bond acceptors (Lipinski definition) is 5.